The van der Waals surface area contributed by atoms with E-state index in [2.05, 4.69) is 20.3 Å². The summed E-state index contributed by atoms with van der Waals surface area (Å²) in [5.74, 6) is 0.897. The van der Waals surface area contributed by atoms with Crippen molar-refractivity contribution in [3.63, 3.8) is 0 Å². The van der Waals surface area contributed by atoms with E-state index in [1.54, 1.807) is 23.9 Å². The van der Waals surface area contributed by atoms with Crippen molar-refractivity contribution < 1.29 is 4.79 Å². The summed E-state index contributed by atoms with van der Waals surface area (Å²) in [6.45, 7) is 0.507. The van der Waals surface area contributed by atoms with Gasteiger partial charge < -0.3 is 15.1 Å². The minimum absolute atomic E-state index is 0.0326. The third kappa shape index (κ3) is 3.99. The second-order valence-electron chi connectivity index (χ2n) is 3.94. The molecule has 0 spiro atoms. The SMILES string of the molecule is CNC(=O)CCN(C)c1nc(Cl)nc(N(C)C)n1. The Morgan fingerprint density at radius 1 is 1.22 bits per heavy atom. The smallest absolute Gasteiger partial charge is 0.231 e. The monoisotopic (exact) mass is 272 g/mol. The molecule has 0 fully saturated rings. The fraction of sp³-hybridized carbons (Fsp3) is 0.600. The molecule has 0 saturated carbocycles. The van der Waals surface area contributed by atoms with Crippen LogP contribution in [-0.2, 0) is 4.79 Å². The maximum Gasteiger partial charge on any atom is 0.231 e. The quantitative estimate of drug-likeness (QED) is 0.823. The molecule has 1 heterocycles. The van der Waals surface area contributed by atoms with Gasteiger partial charge in [-0.15, -0.1) is 0 Å². The van der Waals surface area contributed by atoms with Crippen LogP contribution < -0.4 is 15.1 Å². The van der Waals surface area contributed by atoms with Crippen LogP contribution in [0.1, 0.15) is 6.42 Å². The Labute approximate surface area is 111 Å². The van der Waals surface area contributed by atoms with Crippen LogP contribution in [0, 0.1) is 0 Å². The predicted molar refractivity (Wildman–Crippen MR) is 71.1 cm³/mol. The number of amides is 1. The van der Waals surface area contributed by atoms with Crippen LogP contribution >= 0.6 is 11.6 Å². The van der Waals surface area contributed by atoms with E-state index >= 15 is 0 Å². The Morgan fingerprint density at radius 3 is 2.39 bits per heavy atom. The molecule has 0 aromatic carbocycles. The average molecular weight is 273 g/mol. The zero-order valence-electron chi connectivity index (χ0n) is 10.9. The van der Waals surface area contributed by atoms with E-state index in [0.29, 0.717) is 24.9 Å². The summed E-state index contributed by atoms with van der Waals surface area (Å²) in [6.07, 6.45) is 0.369. The molecule has 0 aliphatic heterocycles. The van der Waals surface area contributed by atoms with E-state index in [1.807, 2.05) is 14.1 Å². The molecule has 1 rings (SSSR count). The lowest BCUT2D eigenvalue weighted by Gasteiger charge is -2.18. The van der Waals surface area contributed by atoms with Gasteiger partial charge in [0.15, 0.2) is 0 Å². The molecule has 0 saturated heterocycles. The van der Waals surface area contributed by atoms with Crippen molar-refractivity contribution in [3.05, 3.63) is 5.28 Å². The summed E-state index contributed by atoms with van der Waals surface area (Å²) in [4.78, 5) is 26.9. The molecule has 0 bridgehead atoms. The lowest BCUT2D eigenvalue weighted by atomic mass is 10.4. The highest BCUT2D eigenvalue weighted by Gasteiger charge is 2.11. The van der Waals surface area contributed by atoms with Crippen LogP contribution in [0.4, 0.5) is 11.9 Å². The number of carbonyl (C=O) groups is 1. The molecule has 0 unspecified atom stereocenters. The Hall–Kier alpha value is -1.63. The van der Waals surface area contributed by atoms with Gasteiger partial charge in [-0.25, -0.2) is 0 Å². The molecule has 0 radical (unpaired) electrons. The van der Waals surface area contributed by atoms with Gasteiger partial charge in [0.1, 0.15) is 0 Å². The van der Waals surface area contributed by atoms with E-state index < -0.39 is 0 Å². The second kappa shape index (κ2) is 6.34. The first-order valence-corrected chi connectivity index (χ1v) is 5.82. The molecule has 7 nitrogen and oxygen atoms in total. The third-order valence-electron chi connectivity index (χ3n) is 2.28. The molecular weight excluding hydrogens is 256 g/mol. The molecule has 100 valence electrons. The molecule has 1 aromatic rings. The van der Waals surface area contributed by atoms with Gasteiger partial charge >= 0.3 is 0 Å². The van der Waals surface area contributed by atoms with Crippen molar-refractivity contribution in [2.45, 2.75) is 6.42 Å². The average Bonchev–Trinajstić information content (AvgIpc) is 2.34. The summed E-state index contributed by atoms with van der Waals surface area (Å²) in [7, 11) is 7.04. The zero-order chi connectivity index (χ0) is 13.7. The zero-order valence-corrected chi connectivity index (χ0v) is 11.7. The van der Waals surface area contributed by atoms with E-state index in [1.165, 1.54) is 0 Å². The van der Waals surface area contributed by atoms with E-state index in [9.17, 15) is 4.79 Å². The fourth-order valence-electron chi connectivity index (χ4n) is 1.19. The van der Waals surface area contributed by atoms with Crippen LogP contribution in [0.2, 0.25) is 5.28 Å². The Bertz CT molecular complexity index is 425. The van der Waals surface area contributed by atoms with Gasteiger partial charge in [0.25, 0.3) is 0 Å². The number of hydrogen-bond donors (Lipinski definition) is 1. The van der Waals surface area contributed by atoms with Crippen LogP contribution in [0.5, 0.6) is 0 Å². The first-order chi connectivity index (χ1) is 8.43. The highest BCUT2D eigenvalue weighted by molar-refractivity contribution is 6.28. The Kier molecular flexibility index (Phi) is 5.08. The van der Waals surface area contributed by atoms with Crippen molar-refractivity contribution >= 4 is 29.4 Å². The van der Waals surface area contributed by atoms with Crippen molar-refractivity contribution in [1.29, 1.82) is 0 Å². The van der Waals surface area contributed by atoms with Crippen molar-refractivity contribution in [1.82, 2.24) is 20.3 Å². The third-order valence-corrected chi connectivity index (χ3v) is 2.45. The van der Waals surface area contributed by atoms with Gasteiger partial charge in [-0.2, -0.15) is 15.0 Å². The van der Waals surface area contributed by atoms with E-state index in [-0.39, 0.29) is 11.2 Å². The van der Waals surface area contributed by atoms with Gasteiger partial charge in [-0.1, -0.05) is 0 Å². The van der Waals surface area contributed by atoms with Gasteiger partial charge in [-0.05, 0) is 11.6 Å². The number of anilines is 2. The maximum absolute atomic E-state index is 11.2. The molecule has 0 aliphatic rings. The Morgan fingerprint density at radius 2 is 1.83 bits per heavy atom. The van der Waals surface area contributed by atoms with Crippen molar-refractivity contribution in [3.8, 4) is 0 Å². The first kappa shape index (κ1) is 14.4. The molecule has 1 N–H and O–H groups in total. The summed E-state index contributed by atoms with van der Waals surface area (Å²) in [6, 6.07) is 0. The first-order valence-electron chi connectivity index (χ1n) is 5.44. The second-order valence-corrected chi connectivity index (χ2v) is 4.28. The van der Waals surface area contributed by atoms with Crippen LogP contribution in [0.25, 0.3) is 0 Å². The van der Waals surface area contributed by atoms with Crippen molar-refractivity contribution in [2.75, 3.05) is 44.5 Å². The molecule has 18 heavy (non-hydrogen) atoms. The normalized spacial score (nSPS) is 10.1. The van der Waals surface area contributed by atoms with Gasteiger partial charge in [0.05, 0.1) is 0 Å². The maximum atomic E-state index is 11.2. The van der Waals surface area contributed by atoms with Gasteiger partial charge in [0, 0.05) is 41.2 Å². The number of halogens is 1. The largest absolute Gasteiger partial charge is 0.359 e. The summed E-state index contributed by atoms with van der Waals surface area (Å²) in [5.41, 5.74) is 0. The Balaban J connectivity index is 2.78. The standard InChI is InChI=1S/C10H17ClN6O/c1-12-7(18)5-6-17(4)10-14-8(11)13-9(15-10)16(2)3/h5-6H2,1-4H3,(H,12,18). The summed E-state index contributed by atoms with van der Waals surface area (Å²) >= 11 is 5.83. The number of hydrogen-bond acceptors (Lipinski definition) is 6. The fourth-order valence-corrected chi connectivity index (χ4v) is 1.35. The minimum atomic E-state index is -0.0326. The topological polar surface area (TPSA) is 74.2 Å². The van der Waals surface area contributed by atoms with E-state index in [0.717, 1.165) is 0 Å². The van der Waals surface area contributed by atoms with Gasteiger partial charge in [-0.3, -0.25) is 4.79 Å². The molecule has 0 atom stereocenters. The highest BCUT2D eigenvalue weighted by atomic mass is 35.5. The minimum Gasteiger partial charge on any atom is -0.359 e. The molecule has 0 aliphatic carbocycles. The molecular formula is C10H17ClN6O. The van der Waals surface area contributed by atoms with E-state index in [4.69, 9.17) is 11.6 Å². The lowest BCUT2D eigenvalue weighted by molar-refractivity contribution is -0.120. The number of nitrogens with one attached hydrogen (secondary N) is 1. The van der Waals surface area contributed by atoms with Crippen LogP contribution in [0.3, 0.4) is 0 Å². The summed E-state index contributed by atoms with van der Waals surface area (Å²) in [5, 5.41) is 2.69. The summed E-state index contributed by atoms with van der Waals surface area (Å²) < 4.78 is 0. The molecule has 8 heteroatoms. The highest BCUT2D eigenvalue weighted by Crippen LogP contribution is 2.14. The lowest BCUT2D eigenvalue weighted by Crippen LogP contribution is -2.28. The number of carbonyl (C=O) groups excluding carboxylic acids is 1. The van der Waals surface area contributed by atoms with Crippen LogP contribution in [0.15, 0.2) is 0 Å². The van der Waals surface area contributed by atoms with Crippen molar-refractivity contribution in [2.24, 2.45) is 0 Å². The van der Waals surface area contributed by atoms with Crippen LogP contribution in [-0.4, -0.2) is 55.6 Å². The number of nitrogens with zero attached hydrogens (tertiary/aromatic N) is 5. The number of aromatic nitrogens is 3. The molecule has 1 amide bonds. The predicted octanol–water partition coefficient (Wildman–Crippen LogP) is 0.163. The molecule has 1 aromatic heterocycles. The van der Waals surface area contributed by atoms with Gasteiger partial charge in [0.2, 0.25) is 23.1 Å². The number of rotatable bonds is 5.